The molecular formula is C56H58N10. The van der Waals surface area contributed by atoms with Gasteiger partial charge < -0.3 is 19.6 Å². The minimum absolute atomic E-state index is 0.299. The SMILES string of the molecule is CN(C)c1cccc(C2(c3cccc(N(C)C)c3)C=Cc3c(-c4cccnc4)n[nH]c3C2)c1.CN(C)c1cccc(C2(c3cccc(N(C)C)c3)C=Cc3c(-c4ccncc4)n[nH]c3C2)c1. The van der Waals surface area contributed by atoms with Crippen molar-refractivity contribution in [3.8, 4) is 22.5 Å². The molecule has 10 heteroatoms. The molecule has 0 aliphatic heterocycles. The molecule has 0 fully saturated rings. The maximum Gasteiger partial charge on any atom is 0.101 e. The number of rotatable bonds is 10. The smallest absolute Gasteiger partial charge is 0.101 e. The van der Waals surface area contributed by atoms with Crippen molar-refractivity contribution in [1.29, 1.82) is 0 Å². The Morgan fingerprint density at radius 2 is 0.818 bits per heavy atom. The van der Waals surface area contributed by atoms with Gasteiger partial charge in [0.1, 0.15) is 5.69 Å². The van der Waals surface area contributed by atoms with Crippen LogP contribution in [-0.4, -0.2) is 86.7 Å². The lowest BCUT2D eigenvalue weighted by Crippen LogP contribution is -2.31. The van der Waals surface area contributed by atoms with Gasteiger partial charge in [-0.05, 0) is 95.1 Å². The number of benzene rings is 4. The van der Waals surface area contributed by atoms with Crippen molar-refractivity contribution in [2.75, 3.05) is 76.0 Å². The highest BCUT2D eigenvalue weighted by Crippen LogP contribution is 2.46. The van der Waals surface area contributed by atoms with Crippen molar-refractivity contribution in [2.24, 2.45) is 0 Å². The first-order valence-corrected chi connectivity index (χ1v) is 22.4. The molecule has 4 heterocycles. The third-order valence-electron chi connectivity index (χ3n) is 13.1. The summed E-state index contributed by atoms with van der Waals surface area (Å²) >= 11 is 0. The maximum atomic E-state index is 4.69. The van der Waals surface area contributed by atoms with E-state index in [2.05, 4.69) is 229 Å². The van der Waals surface area contributed by atoms with Gasteiger partial charge in [0.25, 0.3) is 0 Å². The number of hydrogen-bond acceptors (Lipinski definition) is 8. The van der Waals surface area contributed by atoms with Crippen LogP contribution in [0.3, 0.4) is 0 Å². The van der Waals surface area contributed by atoms with E-state index < -0.39 is 0 Å². The normalized spacial score (nSPS) is 14.1. The van der Waals surface area contributed by atoms with E-state index in [9.17, 15) is 0 Å². The summed E-state index contributed by atoms with van der Waals surface area (Å²) in [6, 6.07) is 43.4. The Morgan fingerprint density at radius 1 is 0.424 bits per heavy atom. The zero-order valence-electron chi connectivity index (χ0n) is 39.2. The van der Waals surface area contributed by atoms with E-state index in [0.717, 1.165) is 57.9 Å². The minimum Gasteiger partial charge on any atom is -0.378 e. The number of anilines is 4. The predicted octanol–water partition coefficient (Wildman–Crippen LogP) is 10.3. The van der Waals surface area contributed by atoms with Gasteiger partial charge in [0.15, 0.2) is 0 Å². The molecule has 2 N–H and O–H groups in total. The van der Waals surface area contributed by atoms with Crippen LogP contribution in [0.5, 0.6) is 0 Å². The molecule has 332 valence electrons. The Kier molecular flexibility index (Phi) is 11.9. The molecule has 66 heavy (non-hydrogen) atoms. The van der Waals surface area contributed by atoms with Crippen LogP contribution in [0.4, 0.5) is 22.7 Å². The average molecular weight is 871 g/mol. The number of pyridine rings is 2. The standard InChI is InChI=1S/2C28H29N5/c1-32(2)23-11-5-9-21(16-23)28(22-10-6-12-24(17-22)33(3)4)14-13-25-26(18-28)30-31-27(25)20-8-7-15-29-19-20;1-32(2)23-9-5-7-21(17-23)28(22-8-6-10-24(18-22)33(3)4)14-11-25-26(19-28)30-31-27(25)20-12-15-29-16-13-20/h5-17,19H,18H2,1-4H3,(H,30,31);5-18H,19H2,1-4H3,(H,30,31). The van der Waals surface area contributed by atoms with E-state index in [1.165, 1.54) is 45.0 Å². The molecule has 2 aliphatic rings. The monoisotopic (exact) mass is 870 g/mol. The topological polar surface area (TPSA) is 96.1 Å². The van der Waals surface area contributed by atoms with E-state index in [1.807, 2.05) is 36.8 Å². The second kappa shape index (κ2) is 18.0. The molecule has 4 aromatic carbocycles. The van der Waals surface area contributed by atoms with Gasteiger partial charge in [0, 0.05) is 161 Å². The van der Waals surface area contributed by atoms with Crippen molar-refractivity contribution >= 4 is 34.9 Å². The first kappa shape index (κ1) is 43.5. The third-order valence-corrected chi connectivity index (χ3v) is 13.1. The highest BCUT2D eigenvalue weighted by atomic mass is 15.1. The largest absolute Gasteiger partial charge is 0.378 e. The summed E-state index contributed by atoms with van der Waals surface area (Å²) < 4.78 is 0. The Balaban J connectivity index is 0.000000166. The van der Waals surface area contributed by atoms with Gasteiger partial charge in [-0.25, -0.2) is 0 Å². The van der Waals surface area contributed by atoms with E-state index in [4.69, 9.17) is 5.10 Å². The third kappa shape index (κ3) is 8.26. The average Bonchev–Trinajstić information content (AvgIpc) is 3.98. The lowest BCUT2D eigenvalue weighted by atomic mass is 9.68. The van der Waals surface area contributed by atoms with Crippen LogP contribution in [0, 0.1) is 0 Å². The van der Waals surface area contributed by atoms with Crippen LogP contribution in [0.25, 0.3) is 34.7 Å². The summed E-state index contributed by atoms with van der Waals surface area (Å²) in [6.45, 7) is 0. The van der Waals surface area contributed by atoms with Crippen molar-refractivity contribution in [3.05, 3.63) is 203 Å². The van der Waals surface area contributed by atoms with E-state index in [0.29, 0.717) is 0 Å². The van der Waals surface area contributed by atoms with Gasteiger partial charge in [-0.3, -0.25) is 20.2 Å². The van der Waals surface area contributed by atoms with Crippen LogP contribution in [0.2, 0.25) is 0 Å². The summed E-state index contributed by atoms with van der Waals surface area (Å²) in [5.74, 6) is 0. The van der Waals surface area contributed by atoms with Crippen LogP contribution >= 0.6 is 0 Å². The molecule has 0 bridgehead atoms. The quantitative estimate of drug-likeness (QED) is 0.140. The zero-order chi connectivity index (χ0) is 46.0. The number of H-pyrrole nitrogens is 2. The van der Waals surface area contributed by atoms with Gasteiger partial charge in [-0.15, -0.1) is 0 Å². The molecule has 0 amide bonds. The van der Waals surface area contributed by atoms with E-state index >= 15 is 0 Å². The Labute approximate surface area is 389 Å². The summed E-state index contributed by atoms with van der Waals surface area (Å²) in [6.07, 6.45) is 18.1. The van der Waals surface area contributed by atoms with E-state index in [-0.39, 0.29) is 10.8 Å². The van der Waals surface area contributed by atoms with Gasteiger partial charge in [-0.2, -0.15) is 10.2 Å². The summed E-state index contributed by atoms with van der Waals surface area (Å²) in [4.78, 5) is 17.1. The molecule has 0 saturated heterocycles. The van der Waals surface area contributed by atoms with Crippen molar-refractivity contribution in [2.45, 2.75) is 23.7 Å². The number of nitrogens with zero attached hydrogens (tertiary/aromatic N) is 8. The van der Waals surface area contributed by atoms with Gasteiger partial charge >= 0.3 is 0 Å². The first-order valence-electron chi connectivity index (χ1n) is 22.4. The van der Waals surface area contributed by atoms with Crippen LogP contribution in [0.1, 0.15) is 44.8 Å². The van der Waals surface area contributed by atoms with Crippen molar-refractivity contribution in [3.63, 3.8) is 0 Å². The fraction of sp³-hybridized carbons (Fsp3) is 0.214. The second-order valence-electron chi connectivity index (χ2n) is 18.1. The van der Waals surface area contributed by atoms with Gasteiger partial charge in [-0.1, -0.05) is 72.8 Å². The molecule has 0 spiro atoms. The van der Waals surface area contributed by atoms with Crippen LogP contribution in [0.15, 0.2) is 158 Å². The van der Waals surface area contributed by atoms with Gasteiger partial charge in [0.2, 0.25) is 0 Å². The fourth-order valence-corrected chi connectivity index (χ4v) is 9.35. The molecule has 10 rings (SSSR count). The van der Waals surface area contributed by atoms with Crippen molar-refractivity contribution in [1.82, 2.24) is 30.4 Å². The molecule has 8 aromatic rings. The maximum absolute atomic E-state index is 4.69. The van der Waals surface area contributed by atoms with Crippen molar-refractivity contribution < 1.29 is 0 Å². The molecule has 0 radical (unpaired) electrons. The number of aromatic amines is 2. The number of fused-ring (bicyclic) bond motifs is 2. The molecule has 4 aromatic heterocycles. The summed E-state index contributed by atoms with van der Waals surface area (Å²) in [5.41, 5.74) is 17.9. The number of aromatic nitrogens is 6. The van der Waals surface area contributed by atoms with Crippen LogP contribution < -0.4 is 19.6 Å². The first-order chi connectivity index (χ1) is 32.0. The Hall–Kier alpha value is -7.72. The highest BCUT2D eigenvalue weighted by molar-refractivity contribution is 5.78. The fourth-order valence-electron chi connectivity index (χ4n) is 9.35. The molecule has 0 saturated carbocycles. The predicted molar refractivity (Wildman–Crippen MR) is 274 cm³/mol. The number of nitrogens with one attached hydrogen (secondary N) is 2. The number of allylic oxidation sites excluding steroid dienone is 2. The molecule has 2 aliphatic carbocycles. The molecular weight excluding hydrogens is 813 g/mol. The molecule has 0 atom stereocenters. The lowest BCUT2D eigenvalue weighted by Gasteiger charge is -2.35. The Bertz CT molecular complexity index is 2700. The second-order valence-corrected chi connectivity index (χ2v) is 18.1. The zero-order valence-corrected chi connectivity index (χ0v) is 39.2. The molecule has 10 nitrogen and oxygen atoms in total. The summed E-state index contributed by atoms with van der Waals surface area (Å²) in [5, 5.41) is 16.1. The highest BCUT2D eigenvalue weighted by Gasteiger charge is 2.39. The summed E-state index contributed by atoms with van der Waals surface area (Å²) in [7, 11) is 16.7. The van der Waals surface area contributed by atoms with E-state index in [1.54, 1.807) is 6.20 Å². The lowest BCUT2D eigenvalue weighted by molar-refractivity contribution is 0.620. The van der Waals surface area contributed by atoms with Gasteiger partial charge in [0.05, 0.1) is 5.69 Å². The Morgan fingerprint density at radius 3 is 1.18 bits per heavy atom. The molecule has 0 unspecified atom stereocenters. The van der Waals surface area contributed by atoms with Crippen LogP contribution in [-0.2, 0) is 23.7 Å². The number of hydrogen-bond donors (Lipinski definition) is 2. The minimum atomic E-state index is -0.302.